The van der Waals surface area contributed by atoms with E-state index in [0.29, 0.717) is 31.7 Å². The maximum Gasteiger partial charge on any atom is 0.254 e. The Morgan fingerprint density at radius 2 is 1.50 bits per heavy atom. The van der Waals surface area contributed by atoms with Crippen LogP contribution >= 0.6 is 0 Å². The van der Waals surface area contributed by atoms with Crippen molar-refractivity contribution in [1.29, 1.82) is 0 Å². The van der Waals surface area contributed by atoms with Gasteiger partial charge >= 0.3 is 0 Å². The number of piperidine rings is 1. The molecular formula is C25H33N3O3S. The predicted octanol–water partition coefficient (Wildman–Crippen LogP) is 3.75. The van der Waals surface area contributed by atoms with Crippen molar-refractivity contribution >= 4 is 21.6 Å². The molecule has 2 aromatic carbocycles. The van der Waals surface area contributed by atoms with Gasteiger partial charge in [-0.2, -0.15) is 4.31 Å². The Hall–Kier alpha value is -2.38. The van der Waals surface area contributed by atoms with Crippen LogP contribution in [0.15, 0.2) is 41.3 Å². The SMILES string of the molecule is Cc1ccc(S(=O)(=O)N2CCCCC2)cc1C(=O)N1CCN(c2cccc(C)c2C)CC1. The van der Waals surface area contributed by atoms with E-state index in [9.17, 15) is 13.2 Å². The molecule has 0 unspecified atom stereocenters. The number of nitrogens with zero attached hydrogens (tertiary/aromatic N) is 3. The van der Waals surface area contributed by atoms with Gasteiger partial charge in [-0.05, 0) is 68.5 Å². The number of benzene rings is 2. The molecule has 2 aliphatic rings. The Kier molecular flexibility index (Phi) is 6.58. The summed E-state index contributed by atoms with van der Waals surface area (Å²) in [5, 5.41) is 0. The van der Waals surface area contributed by atoms with Crippen LogP contribution in [0.3, 0.4) is 0 Å². The third-order valence-corrected chi connectivity index (χ3v) is 8.77. The first-order chi connectivity index (χ1) is 15.3. The zero-order valence-electron chi connectivity index (χ0n) is 19.3. The van der Waals surface area contributed by atoms with Gasteiger partial charge < -0.3 is 9.80 Å². The molecule has 2 aromatic rings. The van der Waals surface area contributed by atoms with E-state index in [4.69, 9.17) is 0 Å². The van der Waals surface area contributed by atoms with E-state index < -0.39 is 10.0 Å². The van der Waals surface area contributed by atoms with E-state index >= 15 is 0 Å². The fourth-order valence-electron chi connectivity index (χ4n) is 4.65. The van der Waals surface area contributed by atoms with E-state index in [1.165, 1.54) is 16.8 Å². The lowest BCUT2D eigenvalue weighted by Crippen LogP contribution is -2.49. The summed E-state index contributed by atoms with van der Waals surface area (Å²) >= 11 is 0. The number of sulfonamides is 1. The fraction of sp³-hybridized carbons (Fsp3) is 0.480. The molecule has 0 saturated carbocycles. The first-order valence-corrected chi connectivity index (χ1v) is 12.9. The summed E-state index contributed by atoms with van der Waals surface area (Å²) in [5.74, 6) is -0.0844. The van der Waals surface area contributed by atoms with E-state index in [1.54, 1.807) is 22.5 Å². The van der Waals surface area contributed by atoms with Gasteiger partial charge in [0.2, 0.25) is 10.0 Å². The third-order valence-electron chi connectivity index (χ3n) is 6.88. The Morgan fingerprint density at radius 3 is 2.19 bits per heavy atom. The maximum atomic E-state index is 13.3. The summed E-state index contributed by atoms with van der Waals surface area (Å²) in [6.45, 7) is 10.0. The number of carbonyl (C=O) groups excluding carboxylic acids is 1. The van der Waals surface area contributed by atoms with Crippen molar-refractivity contribution in [2.24, 2.45) is 0 Å². The molecule has 0 spiro atoms. The molecule has 0 aliphatic carbocycles. The maximum absolute atomic E-state index is 13.3. The minimum atomic E-state index is -3.56. The normalized spacial score (nSPS) is 18.1. The van der Waals surface area contributed by atoms with Crippen LogP contribution < -0.4 is 4.90 Å². The zero-order valence-corrected chi connectivity index (χ0v) is 20.1. The second-order valence-electron chi connectivity index (χ2n) is 8.94. The second-order valence-corrected chi connectivity index (χ2v) is 10.9. The molecule has 4 rings (SSSR count). The topological polar surface area (TPSA) is 60.9 Å². The molecule has 32 heavy (non-hydrogen) atoms. The molecule has 2 heterocycles. The molecule has 0 radical (unpaired) electrons. The van der Waals surface area contributed by atoms with Crippen LogP contribution in [0.25, 0.3) is 0 Å². The second kappa shape index (κ2) is 9.24. The van der Waals surface area contributed by atoms with Crippen LogP contribution in [0.4, 0.5) is 5.69 Å². The van der Waals surface area contributed by atoms with Gasteiger partial charge in [0.1, 0.15) is 0 Å². The number of aryl methyl sites for hydroxylation is 2. The van der Waals surface area contributed by atoms with Crippen LogP contribution in [0, 0.1) is 20.8 Å². The van der Waals surface area contributed by atoms with E-state index in [-0.39, 0.29) is 10.8 Å². The van der Waals surface area contributed by atoms with Gasteiger partial charge in [-0.3, -0.25) is 4.79 Å². The molecule has 1 amide bonds. The number of rotatable bonds is 4. The first-order valence-electron chi connectivity index (χ1n) is 11.5. The molecule has 0 N–H and O–H groups in total. The van der Waals surface area contributed by atoms with Crippen molar-refractivity contribution in [3.8, 4) is 0 Å². The van der Waals surface area contributed by atoms with Crippen LogP contribution in [-0.2, 0) is 10.0 Å². The van der Waals surface area contributed by atoms with Crippen molar-refractivity contribution in [2.75, 3.05) is 44.2 Å². The first kappa shape index (κ1) is 22.8. The van der Waals surface area contributed by atoms with Crippen molar-refractivity contribution in [2.45, 2.75) is 44.9 Å². The summed E-state index contributed by atoms with van der Waals surface area (Å²) in [6.07, 6.45) is 2.85. The molecule has 7 heteroatoms. The Labute approximate surface area is 191 Å². The lowest BCUT2D eigenvalue weighted by atomic mass is 10.1. The highest BCUT2D eigenvalue weighted by Gasteiger charge is 2.29. The summed E-state index contributed by atoms with van der Waals surface area (Å²) in [4.78, 5) is 17.7. The average molecular weight is 456 g/mol. The monoisotopic (exact) mass is 455 g/mol. The molecule has 2 saturated heterocycles. The predicted molar refractivity (Wildman–Crippen MR) is 128 cm³/mol. The molecule has 172 valence electrons. The Morgan fingerprint density at radius 1 is 0.812 bits per heavy atom. The third kappa shape index (κ3) is 4.41. The number of hydrogen-bond donors (Lipinski definition) is 0. The lowest BCUT2D eigenvalue weighted by Gasteiger charge is -2.37. The van der Waals surface area contributed by atoms with Crippen LogP contribution in [0.5, 0.6) is 0 Å². The zero-order chi connectivity index (χ0) is 22.9. The Bertz CT molecular complexity index is 1100. The van der Waals surface area contributed by atoms with Gasteiger partial charge in [-0.1, -0.05) is 24.6 Å². The number of hydrogen-bond acceptors (Lipinski definition) is 4. The van der Waals surface area contributed by atoms with Crippen molar-refractivity contribution in [3.05, 3.63) is 58.7 Å². The number of anilines is 1. The molecule has 2 aliphatic heterocycles. The van der Waals surface area contributed by atoms with Gasteiger partial charge in [-0.15, -0.1) is 0 Å². The molecule has 2 fully saturated rings. The molecule has 6 nitrogen and oxygen atoms in total. The van der Waals surface area contributed by atoms with E-state index in [0.717, 1.165) is 37.9 Å². The molecule has 0 bridgehead atoms. The van der Waals surface area contributed by atoms with Crippen LogP contribution in [0.2, 0.25) is 0 Å². The van der Waals surface area contributed by atoms with Crippen molar-refractivity contribution in [1.82, 2.24) is 9.21 Å². The summed E-state index contributed by atoms with van der Waals surface area (Å²) < 4.78 is 27.8. The minimum absolute atomic E-state index is 0.0844. The quantitative estimate of drug-likeness (QED) is 0.705. The summed E-state index contributed by atoms with van der Waals surface area (Å²) in [6, 6.07) is 11.3. The Balaban J connectivity index is 1.50. The fourth-order valence-corrected chi connectivity index (χ4v) is 6.19. The van der Waals surface area contributed by atoms with Gasteiger partial charge in [0, 0.05) is 50.5 Å². The number of piperazine rings is 1. The molecule has 0 aromatic heterocycles. The van der Waals surface area contributed by atoms with Gasteiger partial charge in [0.15, 0.2) is 0 Å². The van der Waals surface area contributed by atoms with Crippen molar-refractivity contribution in [3.63, 3.8) is 0 Å². The standard InChI is InChI=1S/C25H33N3O3S/c1-19-8-7-9-24(21(19)3)26-14-16-27(17-15-26)25(29)23-18-22(11-10-20(23)2)32(30,31)28-12-5-4-6-13-28/h7-11,18H,4-6,12-17H2,1-3H3. The molecular weight excluding hydrogens is 422 g/mol. The lowest BCUT2D eigenvalue weighted by molar-refractivity contribution is 0.0745. The van der Waals surface area contributed by atoms with Crippen LogP contribution in [0.1, 0.15) is 46.3 Å². The highest BCUT2D eigenvalue weighted by atomic mass is 32.2. The largest absolute Gasteiger partial charge is 0.368 e. The smallest absolute Gasteiger partial charge is 0.254 e. The van der Waals surface area contributed by atoms with Crippen LogP contribution in [-0.4, -0.2) is 62.8 Å². The highest BCUT2D eigenvalue weighted by molar-refractivity contribution is 7.89. The van der Waals surface area contributed by atoms with E-state index in [2.05, 4.69) is 36.9 Å². The van der Waals surface area contributed by atoms with E-state index in [1.807, 2.05) is 11.8 Å². The number of carbonyl (C=O) groups is 1. The number of amides is 1. The summed E-state index contributed by atoms with van der Waals surface area (Å²) in [5.41, 5.74) is 5.07. The minimum Gasteiger partial charge on any atom is -0.368 e. The van der Waals surface area contributed by atoms with Gasteiger partial charge in [-0.25, -0.2) is 8.42 Å². The van der Waals surface area contributed by atoms with Gasteiger partial charge in [0.05, 0.1) is 4.90 Å². The average Bonchev–Trinajstić information content (AvgIpc) is 2.81. The molecule has 0 atom stereocenters. The summed E-state index contributed by atoms with van der Waals surface area (Å²) in [7, 11) is -3.56. The van der Waals surface area contributed by atoms with Crippen molar-refractivity contribution < 1.29 is 13.2 Å². The highest BCUT2D eigenvalue weighted by Crippen LogP contribution is 2.26. The van der Waals surface area contributed by atoms with Gasteiger partial charge in [0.25, 0.3) is 5.91 Å².